The second-order valence-electron chi connectivity index (χ2n) is 7.33. The van der Waals surface area contributed by atoms with E-state index in [-0.39, 0.29) is 5.91 Å². The number of furan rings is 1. The first-order valence-electron chi connectivity index (χ1n) is 8.66. The molecule has 3 rings (SSSR count). The summed E-state index contributed by atoms with van der Waals surface area (Å²) in [7, 11) is 0. The quantitative estimate of drug-likeness (QED) is 0.928. The normalized spacial score (nSPS) is 25.0. The maximum Gasteiger partial charge on any atom is 0.286 e. The SMILES string of the molecule is CC(C)N1CC(CNC(=O)c2ccco2)C2(CCCCC2)C1. The van der Waals surface area contributed by atoms with Crippen LogP contribution < -0.4 is 5.32 Å². The lowest BCUT2D eigenvalue weighted by Crippen LogP contribution is -2.40. The number of hydrogen-bond donors (Lipinski definition) is 1. The number of carbonyl (C=O) groups is 1. The van der Waals surface area contributed by atoms with Gasteiger partial charge in [-0.15, -0.1) is 0 Å². The molecule has 1 spiro atoms. The summed E-state index contributed by atoms with van der Waals surface area (Å²) in [6, 6.07) is 4.07. The smallest absolute Gasteiger partial charge is 0.286 e. The molecule has 0 bridgehead atoms. The fraction of sp³-hybridized carbons (Fsp3) is 0.722. The summed E-state index contributed by atoms with van der Waals surface area (Å²) in [6.45, 7) is 7.63. The van der Waals surface area contributed by atoms with Crippen LogP contribution in [-0.4, -0.2) is 36.5 Å². The Morgan fingerprint density at radius 2 is 2.18 bits per heavy atom. The Kier molecular flexibility index (Phi) is 4.57. The van der Waals surface area contributed by atoms with Crippen LogP contribution in [0, 0.1) is 11.3 Å². The predicted octanol–water partition coefficient (Wildman–Crippen LogP) is 3.30. The first-order chi connectivity index (χ1) is 10.6. The molecule has 1 saturated heterocycles. The van der Waals surface area contributed by atoms with Gasteiger partial charge in [0, 0.05) is 25.7 Å². The Morgan fingerprint density at radius 3 is 2.82 bits per heavy atom. The molecule has 4 nitrogen and oxygen atoms in total. The summed E-state index contributed by atoms with van der Waals surface area (Å²) in [5, 5.41) is 3.10. The standard InChI is InChI=1S/C18H28N2O2/c1-14(2)20-12-15(18(13-20)8-4-3-5-9-18)11-19-17(21)16-7-6-10-22-16/h6-7,10,14-15H,3-5,8-9,11-13H2,1-2H3,(H,19,21). The van der Waals surface area contributed by atoms with Crippen molar-refractivity contribution in [1.82, 2.24) is 10.2 Å². The van der Waals surface area contributed by atoms with Gasteiger partial charge in [-0.2, -0.15) is 0 Å². The van der Waals surface area contributed by atoms with Crippen molar-refractivity contribution in [2.75, 3.05) is 19.6 Å². The van der Waals surface area contributed by atoms with Crippen LogP contribution in [0.1, 0.15) is 56.5 Å². The van der Waals surface area contributed by atoms with E-state index in [0.29, 0.717) is 23.1 Å². The lowest BCUT2D eigenvalue weighted by Gasteiger charge is -2.38. The van der Waals surface area contributed by atoms with E-state index < -0.39 is 0 Å². The molecule has 1 aliphatic heterocycles. The zero-order valence-corrected chi connectivity index (χ0v) is 13.8. The van der Waals surface area contributed by atoms with Gasteiger partial charge in [-0.05, 0) is 50.2 Å². The monoisotopic (exact) mass is 304 g/mol. The number of hydrogen-bond acceptors (Lipinski definition) is 3. The molecule has 1 aromatic heterocycles. The van der Waals surface area contributed by atoms with E-state index >= 15 is 0 Å². The van der Waals surface area contributed by atoms with E-state index in [2.05, 4.69) is 24.1 Å². The van der Waals surface area contributed by atoms with Gasteiger partial charge in [0.1, 0.15) is 0 Å². The molecule has 1 unspecified atom stereocenters. The Hall–Kier alpha value is -1.29. The van der Waals surface area contributed by atoms with E-state index in [1.807, 2.05) is 0 Å². The van der Waals surface area contributed by atoms with Crippen molar-refractivity contribution in [3.63, 3.8) is 0 Å². The highest BCUT2D eigenvalue weighted by atomic mass is 16.3. The summed E-state index contributed by atoms with van der Waals surface area (Å²) >= 11 is 0. The van der Waals surface area contributed by atoms with Crippen molar-refractivity contribution >= 4 is 5.91 Å². The number of rotatable bonds is 4. The van der Waals surface area contributed by atoms with Gasteiger partial charge >= 0.3 is 0 Å². The average Bonchev–Trinajstić information content (AvgIpc) is 3.14. The molecule has 1 aliphatic carbocycles. The van der Waals surface area contributed by atoms with Gasteiger partial charge in [0.2, 0.25) is 0 Å². The Bertz CT molecular complexity index is 489. The van der Waals surface area contributed by atoms with E-state index in [4.69, 9.17) is 4.42 Å². The maximum atomic E-state index is 12.1. The minimum atomic E-state index is -0.0843. The molecule has 0 aromatic carbocycles. The molecule has 1 amide bonds. The van der Waals surface area contributed by atoms with Gasteiger partial charge in [-0.3, -0.25) is 4.79 Å². The molecule has 1 aromatic rings. The van der Waals surface area contributed by atoms with Crippen LogP contribution in [0.5, 0.6) is 0 Å². The Balaban J connectivity index is 1.65. The van der Waals surface area contributed by atoms with E-state index in [1.54, 1.807) is 18.4 Å². The highest BCUT2D eigenvalue weighted by Gasteiger charge is 2.47. The van der Waals surface area contributed by atoms with E-state index in [1.165, 1.54) is 38.6 Å². The van der Waals surface area contributed by atoms with Crippen molar-refractivity contribution in [3.05, 3.63) is 24.2 Å². The zero-order valence-electron chi connectivity index (χ0n) is 13.8. The number of likely N-dealkylation sites (tertiary alicyclic amines) is 1. The van der Waals surface area contributed by atoms with Gasteiger partial charge in [-0.1, -0.05) is 19.3 Å². The molecular formula is C18H28N2O2. The largest absolute Gasteiger partial charge is 0.459 e. The predicted molar refractivity (Wildman–Crippen MR) is 86.8 cm³/mol. The molecule has 2 heterocycles. The fourth-order valence-electron chi connectivity index (χ4n) is 4.28. The summed E-state index contributed by atoms with van der Waals surface area (Å²) in [4.78, 5) is 14.7. The first-order valence-corrected chi connectivity index (χ1v) is 8.66. The fourth-order valence-corrected chi connectivity index (χ4v) is 4.28. The molecule has 4 heteroatoms. The molecule has 122 valence electrons. The Morgan fingerprint density at radius 1 is 1.41 bits per heavy atom. The third kappa shape index (κ3) is 3.07. The molecule has 1 atom stereocenters. The van der Waals surface area contributed by atoms with Crippen LogP contribution >= 0.6 is 0 Å². The van der Waals surface area contributed by atoms with E-state index in [0.717, 1.165) is 13.1 Å². The summed E-state index contributed by atoms with van der Waals surface area (Å²) in [5.41, 5.74) is 0.416. The van der Waals surface area contributed by atoms with Gasteiger partial charge in [0.05, 0.1) is 6.26 Å². The average molecular weight is 304 g/mol. The van der Waals surface area contributed by atoms with Crippen molar-refractivity contribution in [3.8, 4) is 0 Å². The molecule has 0 radical (unpaired) electrons. The second-order valence-corrected chi connectivity index (χ2v) is 7.33. The van der Waals surface area contributed by atoms with Gasteiger partial charge in [0.25, 0.3) is 5.91 Å². The van der Waals surface area contributed by atoms with E-state index in [9.17, 15) is 4.79 Å². The lowest BCUT2D eigenvalue weighted by atomic mass is 9.67. The number of carbonyl (C=O) groups excluding carboxylic acids is 1. The molecule has 1 saturated carbocycles. The second kappa shape index (κ2) is 6.45. The summed E-state index contributed by atoms with van der Waals surface area (Å²) in [6.07, 6.45) is 8.24. The van der Waals surface area contributed by atoms with Crippen LogP contribution in [0.2, 0.25) is 0 Å². The van der Waals surface area contributed by atoms with Gasteiger partial charge < -0.3 is 14.6 Å². The highest BCUT2D eigenvalue weighted by Crippen LogP contribution is 2.47. The third-order valence-electron chi connectivity index (χ3n) is 5.67. The van der Waals surface area contributed by atoms with Crippen LogP contribution in [0.3, 0.4) is 0 Å². The lowest BCUT2D eigenvalue weighted by molar-refractivity contribution is 0.0889. The third-order valence-corrected chi connectivity index (χ3v) is 5.67. The number of nitrogens with one attached hydrogen (secondary N) is 1. The van der Waals surface area contributed by atoms with Gasteiger partial charge in [0.15, 0.2) is 5.76 Å². The summed E-state index contributed by atoms with van der Waals surface area (Å²) in [5.74, 6) is 0.893. The van der Waals surface area contributed by atoms with Gasteiger partial charge in [-0.25, -0.2) is 0 Å². The van der Waals surface area contributed by atoms with Crippen LogP contribution in [0.15, 0.2) is 22.8 Å². The number of nitrogens with zero attached hydrogens (tertiary/aromatic N) is 1. The van der Waals surface area contributed by atoms with Crippen LogP contribution in [0.25, 0.3) is 0 Å². The Labute approximate surface area is 133 Å². The zero-order chi connectivity index (χ0) is 15.6. The maximum absolute atomic E-state index is 12.1. The topological polar surface area (TPSA) is 45.5 Å². The van der Waals surface area contributed by atoms with Crippen LogP contribution in [0.4, 0.5) is 0 Å². The molecular weight excluding hydrogens is 276 g/mol. The van der Waals surface area contributed by atoms with Crippen molar-refractivity contribution < 1.29 is 9.21 Å². The first kappa shape index (κ1) is 15.6. The molecule has 2 fully saturated rings. The summed E-state index contributed by atoms with van der Waals surface area (Å²) < 4.78 is 5.18. The molecule has 1 N–H and O–H groups in total. The highest BCUT2D eigenvalue weighted by molar-refractivity contribution is 5.91. The van der Waals surface area contributed by atoms with Crippen molar-refractivity contribution in [1.29, 1.82) is 0 Å². The minimum Gasteiger partial charge on any atom is -0.459 e. The number of amides is 1. The van der Waals surface area contributed by atoms with Crippen molar-refractivity contribution in [2.24, 2.45) is 11.3 Å². The van der Waals surface area contributed by atoms with Crippen molar-refractivity contribution in [2.45, 2.75) is 52.0 Å². The molecule has 22 heavy (non-hydrogen) atoms. The molecule has 2 aliphatic rings. The minimum absolute atomic E-state index is 0.0843. The van der Waals surface area contributed by atoms with Crippen LogP contribution in [-0.2, 0) is 0 Å².